The van der Waals surface area contributed by atoms with Crippen molar-refractivity contribution >= 4 is 16.3 Å². The molecule has 0 saturated heterocycles. The van der Waals surface area contributed by atoms with E-state index >= 15 is 0 Å². The summed E-state index contributed by atoms with van der Waals surface area (Å²) in [5.74, 6) is -0.190. The smallest absolute Gasteiger partial charge is 0.420 e. The molecule has 0 radical (unpaired) electrons. The Hall–Kier alpha value is -0.650. The maximum atomic E-state index is 11.7. The van der Waals surface area contributed by atoms with Gasteiger partial charge in [-0.15, -0.1) is 4.40 Å². The Bertz CT molecular complexity index is 221. The molecule has 0 unspecified atom stereocenters. The predicted molar refractivity (Wildman–Crippen MR) is 34.8 cm³/mol. The molecule has 0 bridgehead atoms. The molecule has 0 aromatic carbocycles. The fourth-order valence-electron chi connectivity index (χ4n) is 0.389. The largest absolute Gasteiger partial charge is 0.481 e. The monoisotopic (exact) mass is 169 g/mol. The molecule has 0 heterocycles. The minimum Gasteiger partial charge on any atom is -0.481 e. The van der Waals surface area contributed by atoms with Gasteiger partial charge in [0.1, 0.15) is 0 Å². The van der Waals surface area contributed by atoms with Crippen LogP contribution in [0, 0.1) is 0 Å². The third-order valence-electron chi connectivity index (χ3n) is 0.591. The van der Waals surface area contributed by atoms with Crippen LogP contribution in [0.15, 0.2) is 4.40 Å². The lowest BCUT2D eigenvalue weighted by atomic mass is 10.7. The first kappa shape index (κ1) is 9.35. The van der Waals surface area contributed by atoms with E-state index in [2.05, 4.69) is 9.13 Å². The number of ether oxygens (including phenoxy) is 1. The van der Waals surface area contributed by atoms with Gasteiger partial charge in [-0.2, -0.15) is 8.42 Å². The molecule has 60 valence electrons. The van der Waals surface area contributed by atoms with Gasteiger partial charge >= 0.3 is 10.4 Å². The summed E-state index contributed by atoms with van der Waals surface area (Å²) in [5, 5.41) is 0. The summed E-state index contributed by atoms with van der Waals surface area (Å²) < 4.78 is 38.4. The lowest BCUT2D eigenvalue weighted by molar-refractivity contribution is 0.325. The van der Waals surface area contributed by atoms with E-state index in [1.807, 2.05) is 0 Å². The molecule has 0 aromatic rings. The summed E-state index contributed by atoms with van der Waals surface area (Å²) in [6, 6.07) is 0. The highest BCUT2D eigenvalue weighted by atomic mass is 32.3. The van der Waals surface area contributed by atoms with E-state index in [0.29, 0.717) is 0 Å². The third-order valence-corrected chi connectivity index (χ3v) is 1.07. The van der Waals surface area contributed by atoms with Crippen molar-refractivity contribution in [3.8, 4) is 0 Å². The summed E-state index contributed by atoms with van der Waals surface area (Å²) in [5.41, 5.74) is 0. The molecule has 0 aliphatic heterocycles. The highest BCUT2D eigenvalue weighted by Crippen LogP contribution is 1.94. The summed E-state index contributed by atoms with van der Waals surface area (Å²) in [6.45, 7) is 3.18. The maximum absolute atomic E-state index is 11.7. The van der Waals surface area contributed by atoms with Gasteiger partial charge in [0, 0.05) is 6.92 Å². The van der Waals surface area contributed by atoms with Gasteiger partial charge in [-0.1, -0.05) is 3.89 Å². The van der Waals surface area contributed by atoms with Crippen LogP contribution in [0.25, 0.3) is 0 Å². The van der Waals surface area contributed by atoms with Crippen molar-refractivity contribution in [3.05, 3.63) is 0 Å². The van der Waals surface area contributed by atoms with Crippen molar-refractivity contribution in [3.63, 3.8) is 0 Å². The Kier molecular flexibility index (Phi) is 3.27. The summed E-state index contributed by atoms with van der Waals surface area (Å²) in [7, 11) is -4.78. The predicted octanol–water partition coefficient (Wildman–Crippen LogP) is 0.656. The van der Waals surface area contributed by atoms with Crippen LogP contribution in [0.4, 0.5) is 3.89 Å². The summed E-state index contributed by atoms with van der Waals surface area (Å²) in [6.07, 6.45) is 0. The van der Waals surface area contributed by atoms with Crippen molar-refractivity contribution in [2.45, 2.75) is 13.8 Å². The van der Waals surface area contributed by atoms with Gasteiger partial charge in [-0.25, -0.2) is 0 Å². The number of nitrogens with zero attached hydrogens (tertiary/aromatic N) is 1. The van der Waals surface area contributed by atoms with E-state index in [1.165, 1.54) is 6.92 Å². The standard InChI is InChI=1S/C4H8FNO3S/c1-3-9-4(2)6-10(5,7)8/h3H2,1-2H3. The Morgan fingerprint density at radius 3 is 2.50 bits per heavy atom. The molecule has 0 N–H and O–H groups in total. The van der Waals surface area contributed by atoms with Gasteiger partial charge in [0.15, 0.2) is 5.90 Å². The second-order valence-corrected chi connectivity index (χ2v) is 2.46. The first-order valence-electron chi connectivity index (χ1n) is 2.59. The SMILES string of the molecule is CCOC(C)=NS(=O)(=O)F. The van der Waals surface area contributed by atoms with E-state index < -0.39 is 10.4 Å². The van der Waals surface area contributed by atoms with Crippen LogP contribution < -0.4 is 0 Å². The lowest BCUT2D eigenvalue weighted by Gasteiger charge is -1.96. The van der Waals surface area contributed by atoms with Gasteiger partial charge in [0.25, 0.3) is 0 Å². The molecule has 0 aliphatic carbocycles. The van der Waals surface area contributed by atoms with Crippen LogP contribution in [0.1, 0.15) is 13.8 Å². The zero-order chi connectivity index (χ0) is 8.20. The van der Waals surface area contributed by atoms with E-state index in [1.54, 1.807) is 6.92 Å². The van der Waals surface area contributed by atoms with Crippen molar-refractivity contribution in [1.29, 1.82) is 0 Å². The van der Waals surface area contributed by atoms with Crippen molar-refractivity contribution < 1.29 is 17.0 Å². The van der Waals surface area contributed by atoms with Crippen LogP contribution in [-0.2, 0) is 15.1 Å². The molecule has 0 amide bonds. The topological polar surface area (TPSA) is 55.7 Å². The van der Waals surface area contributed by atoms with Crippen molar-refractivity contribution in [2.24, 2.45) is 4.40 Å². The molecule has 4 nitrogen and oxygen atoms in total. The number of rotatable bonds is 2. The van der Waals surface area contributed by atoms with Gasteiger partial charge in [0.2, 0.25) is 0 Å². The highest BCUT2D eigenvalue weighted by molar-refractivity contribution is 7.85. The first-order chi connectivity index (χ1) is 4.45. The van der Waals surface area contributed by atoms with E-state index in [9.17, 15) is 12.3 Å². The molecule has 0 rings (SSSR count). The molecule has 0 aliphatic rings. The van der Waals surface area contributed by atoms with Crippen molar-refractivity contribution in [1.82, 2.24) is 0 Å². The summed E-state index contributed by atoms with van der Waals surface area (Å²) >= 11 is 0. The van der Waals surface area contributed by atoms with Crippen LogP contribution in [0.5, 0.6) is 0 Å². The summed E-state index contributed by atoms with van der Waals surface area (Å²) in [4.78, 5) is 0. The molecule has 0 saturated carbocycles. The van der Waals surface area contributed by atoms with Crippen molar-refractivity contribution in [2.75, 3.05) is 6.61 Å². The number of halogens is 1. The van der Waals surface area contributed by atoms with Crippen LogP contribution in [0.2, 0.25) is 0 Å². The van der Waals surface area contributed by atoms with Crippen LogP contribution in [0.3, 0.4) is 0 Å². The molecule has 0 spiro atoms. The Morgan fingerprint density at radius 1 is 1.70 bits per heavy atom. The minimum atomic E-state index is -4.78. The molecule has 0 fully saturated rings. The third kappa shape index (κ3) is 5.49. The molecule has 0 atom stereocenters. The second-order valence-electron chi connectivity index (χ2n) is 1.46. The van der Waals surface area contributed by atoms with E-state index in [-0.39, 0.29) is 12.5 Å². The van der Waals surface area contributed by atoms with Gasteiger partial charge in [0.05, 0.1) is 6.61 Å². The second kappa shape index (κ2) is 3.50. The Labute approximate surface area is 59.1 Å². The molecular weight excluding hydrogens is 161 g/mol. The molecule has 10 heavy (non-hydrogen) atoms. The molecule has 0 aromatic heterocycles. The highest BCUT2D eigenvalue weighted by Gasteiger charge is 2.03. The molecular formula is C4H8FNO3S. The van der Waals surface area contributed by atoms with Gasteiger partial charge in [-0.05, 0) is 6.92 Å². The zero-order valence-corrected chi connectivity index (χ0v) is 6.48. The van der Waals surface area contributed by atoms with E-state index in [0.717, 1.165) is 0 Å². The normalized spacial score (nSPS) is 13.3. The fourth-order valence-corrected chi connectivity index (χ4v) is 0.749. The number of hydrogen-bond acceptors (Lipinski definition) is 3. The van der Waals surface area contributed by atoms with Gasteiger partial charge < -0.3 is 4.74 Å². The minimum absolute atomic E-state index is 0.190. The Morgan fingerprint density at radius 2 is 2.20 bits per heavy atom. The lowest BCUT2D eigenvalue weighted by Crippen LogP contribution is -2.00. The average Bonchev–Trinajstić information content (AvgIpc) is 1.59. The van der Waals surface area contributed by atoms with Crippen LogP contribution >= 0.6 is 0 Å². The fraction of sp³-hybridized carbons (Fsp3) is 0.750. The molecule has 6 heteroatoms. The number of hydrogen-bond donors (Lipinski definition) is 0. The Balaban J connectivity index is 4.18. The maximum Gasteiger partial charge on any atom is 0.420 e. The van der Waals surface area contributed by atoms with E-state index in [4.69, 9.17) is 0 Å². The van der Waals surface area contributed by atoms with Crippen LogP contribution in [-0.4, -0.2) is 20.9 Å². The average molecular weight is 169 g/mol. The zero-order valence-electron chi connectivity index (χ0n) is 5.67. The quantitative estimate of drug-likeness (QED) is 0.346. The first-order valence-corrected chi connectivity index (χ1v) is 3.93. The van der Waals surface area contributed by atoms with Gasteiger partial charge in [-0.3, -0.25) is 0 Å².